The Labute approximate surface area is 385 Å². The van der Waals surface area contributed by atoms with Crippen molar-refractivity contribution in [1.29, 1.82) is 0 Å². The lowest BCUT2D eigenvalue weighted by Gasteiger charge is -2.20. The average Bonchev–Trinajstić information content (AvgIpc) is 3.27. The van der Waals surface area contributed by atoms with Gasteiger partial charge in [0.15, 0.2) is 0 Å². The Morgan fingerprint density at radius 2 is 0.806 bits per heavy atom. The summed E-state index contributed by atoms with van der Waals surface area (Å²) in [7, 11) is 0. The first-order valence-electron chi connectivity index (χ1n) is 26.9. The molecule has 2 unspecified atom stereocenters. The number of allylic oxidation sites excluding steroid dienone is 6. The Morgan fingerprint density at radius 3 is 1.24 bits per heavy atom. The molecule has 0 saturated heterocycles. The van der Waals surface area contributed by atoms with Gasteiger partial charge in [-0.15, -0.1) is 0 Å². The molecule has 62 heavy (non-hydrogen) atoms. The molecule has 0 aromatic rings. The highest BCUT2D eigenvalue weighted by Crippen LogP contribution is 2.15. The molecule has 3 N–H and O–H groups in total. The van der Waals surface area contributed by atoms with E-state index < -0.39 is 12.1 Å². The number of aliphatic hydroxyl groups excluding tert-OH is 2. The van der Waals surface area contributed by atoms with E-state index in [4.69, 9.17) is 4.74 Å². The minimum absolute atomic E-state index is 0.0453. The highest BCUT2D eigenvalue weighted by molar-refractivity contribution is 5.76. The molecule has 0 aliphatic heterocycles. The van der Waals surface area contributed by atoms with Crippen LogP contribution in [0.25, 0.3) is 0 Å². The third-order valence-corrected chi connectivity index (χ3v) is 12.1. The predicted octanol–water partition coefficient (Wildman–Crippen LogP) is 16.2. The SMILES string of the molecule is CCCCCCC/C=C\CCCCCCCC(=O)OCC/C=C\C/C=C\CCCCCCCCCCCCCCCCC(=O)NC(CO)C(O)/C=C/CCCCCCCCCC. The zero-order valence-electron chi connectivity index (χ0n) is 41.1. The summed E-state index contributed by atoms with van der Waals surface area (Å²) >= 11 is 0. The van der Waals surface area contributed by atoms with Crippen LogP contribution in [0.1, 0.15) is 271 Å². The summed E-state index contributed by atoms with van der Waals surface area (Å²) in [6.45, 7) is 4.75. The number of esters is 1. The van der Waals surface area contributed by atoms with Crippen LogP contribution in [0.5, 0.6) is 0 Å². The van der Waals surface area contributed by atoms with Crippen molar-refractivity contribution in [2.45, 2.75) is 283 Å². The van der Waals surface area contributed by atoms with Crippen molar-refractivity contribution >= 4 is 11.9 Å². The molecule has 0 aromatic heterocycles. The lowest BCUT2D eigenvalue weighted by atomic mass is 10.0. The van der Waals surface area contributed by atoms with Crippen molar-refractivity contribution in [3.63, 3.8) is 0 Å². The first kappa shape index (κ1) is 59.8. The number of rotatable bonds is 49. The minimum Gasteiger partial charge on any atom is -0.465 e. The van der Waals surface area contributed by atoms with Crippen LogP contribution in [-0.4, -0.2) is 47.4 Å². The van der Waals surface area contributed by atoms with E-state index in [1.165, 1.54) is 193 Å². The lowest BCUT2D eigenvalue weighted by molar-refractivity contribution is -0.143. The van der Waals surface area contributed by atoms with Crippen LogP contribution in [0.3, 0.4) is 0 Å². The molecule has 1 amide bonds. The average molecular weight is 870 g/mol. The van der Waals surface area contributed by atoms with Gasteiger partial charge in [-0.3, -0.25) is 9.59 Å². The second kappa shape index (κ2) is 51.5. The van der Waals surface area contributed by atoms with Crippen LogP contribution in [-0.2, 0) is 14.3 Å². The molecule has 2 atom stereocenters. The van der Waals surface area contributed by atoms with Crippen molar-refractivity contribution in [3.05, 3.63) is 48.6 Å². The Bertz CT molecular complexity index is 1050. The number of carbonyl (C=O) groups is 2. The maximum Gasteiger partial charge on any atom is 0.305 e. The van der Waals surface area contributed by atoms with Gasteiger partial charge in [0.1, 0.15) is 0 Å². The lowest BCUT2D eigenvalue weighted by Crippen LogP contribution is -2.45. The molecular formula is C56H103NO5. The van der Waals surface area contributed by atoms with E-state index in [1.54, 1.807) is 6.08 Å². The summed E-state index contributed by atoms with van der Waals surface area (Å²) in [5.41, 5.74) is 0. The number of aliphatic hydroxyl groups is 2. The highest BCUT2D eigenvalue weighted by Gasteiger charge is 2.18. The molecular weight excluding hydrogens is 767 g/mol. The molecule has 0 bridgehead atoms. The fourth-order valence-corrected chi connectivity index (χ4v) is 7.94. The molecule has 0 aliphatic rings. The standard InChI is InChI=1S/C56H103NO5/c1-3-5-7-9-11-13-15-16-27-30-34-38-42-46-50-56(61)62-51-47-43-39-35-31-28-25-23-21-19-17-18-20-22-24-26-29-33-37-41-45-49-55(60)57-53(52-58)54(59)48-44-40-36-32-14-12-10-8-6-4-2/h15-16,28,31,39,43-44,48,53-54,58-59H,3-14,17-27,29-30,32-38,40-42,45-47,49-52H2,1-2H3,(H,57,60)/b16-15-,31-28-,43-39-,48-44+. The van der Waals surface area contributed by atoms with Crippen LogP contribution >= 0.6 is 0 Å². The van der Waals surface area contributed by atoms with Crippen molar-refractivity contribution in [2.24, 2.45) is 0 Å². The number of ether oxygens (including phenoxy) is 1. The van der Waals surface area contributed by atoms with Crippen LogP contribution in [0.2, 0.25) is 0 Å². The predicted molar refractivity (Wildman–Crippen MR) is 269 cm³/mol. The van der Waals surface area contributed by atoms with E-state index >= 15 is 0 Å². The van der Waals surface area contributed by atoms with Crippen LogP contribution in [0, 0.1) is 0 Å². The van der Waals surface area contributed by atoms with Crippen LogP contribution < -0.4 is 5.32 Å². The van der Waals surface area contributed by atoms with E-state index in [-0.39, 0.29) is 18.5 Å². The maximum atomic E-state index is 12.4. The fraction of sp³-hybridized carbons (Fsp3) is 0.821. The maximum absolute atomic E-state index is 12.4. The van der Waals surface area contributed by atoms with Crippen LogP contribution in [0.4, 0.5) is 0 Å². The highest BCUT2D eigenvalue weighted by atomic mass is 16.5. The normalized spacial score (nSPS) is 13.0. The van der Waals surface area contributed by atoms with Gasteiger partial charge in [-0.25, -0.2) is 0 Å². The molecule has 0 spiro atoms. The smallest absolute Gasteiger partial charge is 0.305 e. The van der Waals surface area contributed by atoms with Gasteiger partial charge in [0.25, 0.3) is 0 Å². The van der Waals surface area contributed by atoms with Crippen molar-refractivity contribution < 1.29 is 24.5 Å². The first-order chi connectivity index (χ1) is 30.5. The molecule has 0 saturated carbocycles. The first-order valence-corrected chi connectivity index (χ1v) is 26.9. The van der Waals surface area contributed by atoms with Gasteiger partial charge in [0, 0.05) is 12.8 Å². The van der Waals surface area contributed by atoms with Crippen molar-refractivity contribution in [2.75, 3.05) is 13.2 Å². The van der Waals surface area contributed by atoms with Gasteiger partial charge in [-0.2, -0.15) is 0 Å². The number of carbonyl (C=O) groups excluding carboxylic acids is 2. The van der Waals surface area contributed by atoms with E-state index in [2.05, 4.69) is 55.6 Å². The summed E-state index contributed by atoms with van der Waals surface area (Å²) in [5.74, 6) is -0.121. The zero-order valence-corrected chi connectivity index (χ0v) is 41.1. The van der Waals surface area contributed by atoms with E-state index in [0.717, 1.165) is 51.4 Å². The molecule has 0 radical (unpaired) electrons. The van der Waals surface area contributed by atoms with E-state index in [0.29, 0.717) is 19.4 Å². The number of hydrogen-bond acceptors (Lipinski definition) is 5. The molecule has 6 nitrogen and oxygen atoms in total. The topological polar surface area (TPSA) is 95.9 Å². The monoisotopic (exact) mass is 870 g/mol. The Balaban J connectivity index is 3.47. The Morgan fingerprint density at radius 1 is 0.452 bits per heavy atom. The van der Waals surface area contributed by atoms with Gasteiger partial charge in [0.05, 0.1) is 25.4 Å². The molecule has 362 valence electrons. The molecule has 0 rings (SSSR count). The third kappa shape index (κ3) is 47.3. The Hall–Kier alpha value is -2.18. The molecule has 0 heterocycles. The molecule has 0 aromatic carbocycles. The quantitative estimate of drug-likeness (QED) is 0.0322. The number of unbranched alkanes of at least 4 members (excludes halogenated alkanes) is 32. The van der Waals surface area contributed by atoms with Gasteiger partial charge >= 0.3 is 5.97 Å². The van der Waals surface area contributed by atoms with Gasteiger partial charge in [-0.1, -0.05) is 229 Å². The largest absolute Gasteiger partial charge is 0.465 e. The molecule has 0 fully saturated rings. The van der Waals surface area contributed by atoms with E-state index in [1.807, 2.05) is 6.08 Å². The van der Waals surface area contributed by atoms with Crippen molar-refractivity contribution in [3.8, 4) is 0 Å². The molecule has 0 aliphatic carbocycles. The van der Waals surface area contributed by atoms with E-state index in [9.17, 15) is 19.8 Å². The molecule has 6 heteroatoms. The third-order valence-electron chi connectivity index (χ3n) is 12.1. The number of amides is 1. The summed E-state index contributed by atoms with van der Waals surface area (Å²) in [4.78, 5) is 24.4. The minimum atomic E-state index is -0.846. The van der Waals surface area contributed by atoms with Gasteiger partial charge in [0.2, 0.25) is 5.91 Å². The number of nitrogens with one attached hydrogen (secondary N) is 1. The second-order valence-electron chi connectivity index (χ2n) is 18.2. The Kier molecular flexibility index (Phi) is 49.6. The zero-order chi connectivity index (χ0) is 45.1. The van der Waals surface area contributed by atoms with Crippen LogP contribution in [0.15, 0.2) is 48.6 Å². The second-order valence-corrected chi connectivity index (χ2v) is 18.2. The van der Waals surface area contributed by atoms with Gasteiger partial charge in [-0.05, 0) is 77.0 Å². The number of hydrogen-bond donors (Lipinski definition) is 3. The fourth-order valence-electron chi connectivity index (χ4n) is 7.94. The summed E-state index contributed by atoms with van der Waals surface area (Å²) in [5, 5.41) is 22.9. The summed E-state index contributed by atoms with van der Waals surface area (Å²) in [6.07, 6.45) is 64.3. The van der Waals surface area contributed by atoms with Gasteiger partial charge < -0.3 is 20.3 Å². The summed E-state index contributed by atoms with van der Waals surface area (Å²) < 4.78 is 5.40. The van der Waals surface area contributed by atoms with Crippen molar-refractivity contribution in [1.82, 2.24) is 5.32 Å². The summed E-state index contributed by atoms with van der Waals surface area (Å²) in [6, 6.07) is -0.630.